The molecule has 8 heteroatoms. The van der Waals surface area contributed by atoms with Gasteiger partial charge in [-0.2, -0.15) is 5.10 Å². The number of aromatic nitrogens is 2. The Balaban J connectivity index is 1.19. The van der Waals surface area contributed by atoms with Gasteiger partial charge in [-0.25, -0.2) is 9.64 Å². The van der Waals surface area contributed by atoms with Crippen molar-refractivity contribution in [3.05, 3.63) is 101 Å². The maximum Gasteiger partial charge on any atom is 0.410 e. The molecule has 42 heavy (non-hydrogen) atoms. The van der Waals surface area contributed by atoms with Gasteiger partial charge in [0.15, 0.2) is 0 Å². The van der Waals surface area contributed by atoms with E-state index in [-0.39, 0.29) is 6.09 Å². The number of para-hydroxylation sites is 1. The summed E-state index contributed by atoms with van der Waals surface area (Å²) in [5.41, 5.74) is 6.05. The Bertz CT molecular complexity index is 1690. The fourth-order valence-corrected chi connectivity index (χ4v) is 5.24. The van der Waals surface area contributed by atoms with Gasteiger partial charge >= 0.3 is 6.09 Å². The lowest BCUT2D eigenvalue weighted by atomic mass is 9.96. The maximum absolute atomic E-state index is 12.4. The quantitative estimate of drug-likeness (QED) is 0.255. The van der Waals surface area contributed by atoms with Crippen molar-refractivity contribution in [3.8, 4) is 22.8 Å². The van der Waals surface area contributed by atoms with Gasteiger partial charge in [0, 0.05) is 25.3 Å². The highest BCUT2D eigenvalue weighted by molar-refractivity contribution is 5.87. The Morgan fingerprint density at radius 3 is 2.38 bits per heavy atom. The van der Waals surface area contributed by atoms with Crippen LogP contribution in [-0.4, -0.2) is 39.5 Å². The summed E-state index contributed by atoms with van der Waals surface area (Å²) in [5.74, 6) is 2.21. The number of aryl methyl sites for hydroxylation is 2. The molecule has 8 nitrogen and oxygen atoms in total. The largest absolute Gasteiger partial charge is 0.457 e. The number of benzene rings is 3. The smallest absolute Gasteiger partial charge is 0.410 e. The third-order valence-corrected chi connectivity index (χ3v) is 7.33. The van der Waals surface area contributed by atoms with Gasteiger partial charge in [0.2, 0.25) is 0 Å². The minimum Gasteiger partial charge on any atom is -0.457 e. The normalized spacial score (nSPS) is 14.4. The Hall–Kier alpha value is -5.03. The molecule has 3 heterocycles. The van der Waals surface area contributed by atoms with Gasteiger partial charge in [0.05, 0.1) is 6.57 Å². The van der Waals surface area contributed by atoms with E-state index in [0.717, 1.165) is 41.2 Å². The molecule has 0 bridgehead atoms. The van der Waals surface area contributed by atoms with Gasteiger partial charge in [-0.05, 0) is 92.3 Å². The van der Waals surface area contributed by atoms with Gasteiger partial charge in [-0.3, -0.25) is 4.68 Å². The molecule has 6 rings (SSSR count). The number of rotatable bonds is 4. The van der Waals surface area contributed by atoms with Crippen LogP contribution in [0.25, 0.3) is 21.7 Å². The number of hydrogen-bond donors (Lipinski definition) is 1. The Morgan fingerprint density at radius 2 is 1.69 bits per heavy atom. The average molecular weight is 560 g/mol. The molecule has 0 saturated heterocycles. The van der Waals surface area contributed by atoms with Crippen LogP contribution in [0, 0.1) is 6.57 Å². The van der Waals surface area contributed by atoms with Crippen LogP contribution in [0.1, 0.15) is 38.3 Å². The summed E-state index contributed by atoms with van der Waals surface area (Å²) in [7, 11) is 0. The van der Waals surface area contributed by atoms with Crippen LogP contribution in [0.15, 0.2) is 78.9 Å². The number of carbonyl (C=O) groups is 1. The molecule has 0 aliphatic carbocycles. The molecule has 1 aromatic heterocycles. The number of anilines is 2. The van der Waals surface area contributed by atoms with Crippen molar-refractivity contribution < 1.29 is 14.3 Å². The van der Waals surface area contributed by atoms with E-state index in [2.05, 4.69) is 34.4 Å². The first kappa shape index (κ1) is 27.2. The Kier molecular flexibility index (Phi) is 7.17. The average Bonchev–Trinajstić information content (AvgIpc) is 3.23. The van der Waals surface area contributed by atoms with Crippen LogP contribution in [0.3, 0.4) is 0 Å². The highest BCUT2D eigenvalue weighted by atomic mass is 16.6. The van der Waals surface area contributed by atoms with E-state index in [1.165, 1.54) is 11.1 Å². The highest BCUT2D eigenvalue weighted by Crippen LogP contribution is 2.41. The molecule has 0 atom stereocenters. The fraction of sp³-hybridized carbons (Fsp3) is 0.265. The van der Waals surface area contributed by atoms with Crippen molar-refractivity contribution in [2.75, 3.05) is 18.4 Å². The molecule has 3 aromatic carbocycles. The molecule has 2 aliphatic heterocycles. The summed E-state index contributed by atoms with van der Waals surface area (Å²) < 4.78 is 13.3. The number of carbonyl (C=O) groups excluding carboxylic acids is 1. The number of nitrogens with zero attached hydrogens (tertiary/aromatic N) is 4. The van der Waals surface area contributed by atoms with Crippen molar-refractivity contribution in [1.82, 2.24) is 14.7 Å². The zero-order chi connectivity index (χ0) is 29.3. The number of ether oxygens (including phenoxy) is 2. The third-order valence-electron chi connectivity index (χ3n) is 7.33. The zero-order valence-corrected chi connectivity index (χ0v) is 24.1. The first-order chi connectivity index (χ1) is 20.3. The first-order valence-electron chi connectivity index (χ1n) is 14.2. The van der Waals surface area contributed by atoms with Crippen LogP contribution in [0.4, 0.5) is 22.0 Å². The van der Waals surface area contributed by atoms with Crippen molar-refractivity contribution in [1.29, 1.82) is 0 Å². The molecule has 212 valence electrons. The lowest BCUT2D eigenvalue weighted by Crippen LogP contribution is -2.39. The molecule has 1 amide bonds. The van der Waals surface area contributed by atoms with E-state index in [1.54, 1.807) is 4.90 Å². The highest BCUT2D eigenvalue weighted by Gasteiger charge is 2.26. The minimum absolute atomic E-state index is 0.273. The molecule has 0 unspecified atom stereocenters. The SMILES string of the molecule is [C-]#[N+]c1c(-c2ccc(Oc3ccccc3)cc2)nn2c1Nc1ccc(C3=CCN(C(=O)OC(C)(C)C)CC3)cc1CC2. The second-order valence-corrected chi connectivity index (χ2v) is 11.5. The van der Waals surface area contributed by atoms with Crippen LogP contribution in [0.5, 0.6) is 11.5 Å². The van der Waals surface area contributed by atoms with Crippen LogP contribution in [-0.2, 0) is 17.7 Å². The van der Waals surface area contributed by atoms with E-state index in [0.29, 0.717) is 36.8 Å². The monoisotopic (exact) mass is 559 g/mol. The van der Waals surface area contributed by atoms with E-state index in [1.807, 2.05) is 80.1 Å². The number of nitrogens with one attached hydrogen (secondary N) is 1. The predicted octanol–water partition coefficient (Wildman–Crippen LogP) is 8.22. The first-order valence-corrected chi connectivity index (χ1v) is 14.2. The van der Waals surface area contributed by atoms with Gasteiger partial charge in [-0.1, -0.05) is 42.5 Å². The lowest BCUT2D eigenvalue weighted by Gasteiger charge is -2.29. The molecular weight excluding hydrogens is 526 g/mol. The summed E-state index contributed by atoms with van der Waals surface area (Å²) in [5, 5.41) is 8.35. The molecule has 0 fully saturated rings. The lowest BCUT2D eigenvalue weighted by molar-refractivity contribution is 0.0270. The molecule has 1 N–H and O–H groups in total. The molecule has 4 aromatic rings. The molecule has 2 aliphatic rings. The standard InChI is InChI=1S/C34H33N5O3/c1-34(2,3)42-33(40)38-19-16-23(17-20-38)25-12-15-29-26(22-25)18-21-39-32(36-29)31(35-4)30(37-39)24-10-13-28(14-11-24)41-27-8-6-5-7-9-27/h5-16,22,36H,17-21H2,1-3H3. The van der Waals surface area contributed by atoms with E-state index in [9.17, 15) is 4.79 Å². The second-order valence-electron chi connectivity index (χ2n) is 11.5. The van der Waals surface area contributed by atoms with Gasteiger partial charge in [0.25, 0.3) is 5.69 Å². The summed E-state index contributed by atoms with van der Waals surface area (Å²) in [4.78, 5) is 18.1. The number of hydrogen-bond acceptors (Lipinski definition) is 5. The Morgan fingerprint density at radius 1 is 0.952 bits per heavy atom. The van der Waals surface area contributed by atoms with E-state index in [4.69, 9.17) is 21.1 Å². The van der Waals surface area contributed by atoms with E-state index >= 15 is 0 Å². The number of amides is 1. The molecular formula is C34H33N5O3. The summed E-state index contributed by atoms with van der Waals surface area (Å²) >= 11 is 0. The summed E-state index contributed by atoms with van der Waals surface area (Å²) in [6.07, 6.45) is 3.39. The summed E-state index contributed by atoms with van der Waals surface area (Å²) in [6, 6.07) is 23.7. The van der Waals surface area contributed by atoms with Gasteiger partial charge < -0.3 is 19.7 Å². The Labute approximate surface area is 246 Å². The van der Waals surface area contributed by atoms with Crippen molar-refractivity contribution in [3.63, 3.8) is 0 Å². The van der Waals surface area contributed by atoms with E-state index < -0.39 is 5.60 Å². The van der Waals surface area contributed by atoms with Gasteiger partial charge in [0.1, 0.15) is 28.6 Å². The predicted molar refractivity (Wildman–Crippen MR) is 164 cm³/mol. The fourth-order valence-electron chi connectivity index (χ4n) is 5.24. The van der Waals surface area contributed by atoms with Crippen molar-refractivity contribution in [2.24, 2.45) is 0 Å². The topological polar surface area (TPSA) is 73.0 Å². The summed E-state index contributed by atoms with van der Waals surface area (Å²) in [6.45, 7) is 15.4. The van der Waals surface area contributed by atoms with Gasteiger partial charge in [-0.15, -0.1) is 0 Å². The zero-order valence-electron chi connectivity index (χ0n) is 24.1. The third kappa shape index (κ3) is 5.72. The van der Waals surface area contributed by atoms with Crippen LogP contribution >= 0.6 is 0 Å². The van der Waals surface area contributed by atoms with Crippen LogP contribution in [0.2, 0.25) is 0 Å². The maximum atomic E-state index is 12.4. The molecule has 0 saturated carbocycles. The molecule has 0 spiro atoms. The van der Waals surface area contributed by atoms with Crippen molar-refractivity contribution in [2.45, 2.75) is 45.8 Å². The molecule has 0 radical (unpaired) electrons. The van der Waals surface area contributed by atoms with Crippen molar-refractivity contribution >= 4 is 28.9 Å². The minimum atomic E-state index is -0.505. The van der Waals surface area contributed by atoms with Crippen LogP contribution < -0.4 is 10.1 Å². The second kappa shape index (κ2) is 11.1. The number of fused-ring (bicyclic) bond motifs is 2.